The molecule has 2 aliphatic heterocycles. The molecule has 3 aliphatic rings. The number of hydrogen-bond donors (Lipinski definition) is 2. The lowest BCUT2D eigenvalue weighted by Crippen LogP contribution is -2.57. The molecule has 2 heterocycles. The van der Waals surface area contributed by atoms with E-state index in [2.05, 4.69) is 10.6 Å². The largest absolute Gasteiger partial charge is 0.352 e. The average molecular weight is 251 g/mol. The number of carbonyl (C=O) groups excluding carboxylic acids is 2. The number of fused-ring (bicyclic) bond motifs is 2. The third-order valence-corrected chi connectivity index (χ3v) is 4.65. The maximum Gasteiger partial charge on any atom is 0.317 e. The van der Waals surface area contributed by atoms with Crippen molar-refractivity contribution in [3.8, 4) is 0 Å². The Bertz CT molecular complexity index is 371. The highest BCUT2D eigenvalue weighted by Gasteiger charge is 2.41. The Morgan fingerprint density at radius 1 is 1.39 bits per heavy atom. The minimum absolute atomic E-state index is 0.0370. The fourth-order valence-electron chi connectivity index (χ4n) is 3.58. The molecule has 0 radical (unpaired) electrons. The van der Waals surface area contributed by atoms with Gasteiger partial charge >= 0.3 is 6.03 Å². The molecule has 5 nitrogen and oxygen atoms in total. The lowest BCUT2D eigenvalue weighted by molar-refractivity contribution is -0.123. The van der Waals surface area contributed by atoms with Crippen molar-refractivity contribution in [2.75, 3.05) is 6.54 Å². The first-order chi connectivity index (χ1) is 8.63. The van der Waals surface area contributed by atoms with Crippen molar-refractivity contribution in [2.24, 2.45) is 5.92 Å². The van der Waals surface area contributed by atoms with Crippen molar-refractivity contribution in [1.82, 2.24) is 15.5 Å². The van der Waals surface area contributed by atoms with Crippen LogP contribution in [0.2, 0.25) is 0 Å². The lowest BCUT2D eigenvalue weighted by Gasteiger charge is -2.34. The van der Waals surface area contributed by atoms with Crippen LogP contribution in [0.4, 0.5) is 4.79 Å². The van der Waals surface area contributed by atoms with E-state index in [-0.39, 0.29) is 24.0 Å². The van der Waals surface area contributed by atoms with Gasteiger partial charge in [-0.15, -0.1) is 0 Å². The Morgan fingerprint density at radius 3 is 2.83 bits per heavy atom. The Labute approximate surface area is 107 Å². The highest BCUT2D eigenvalue weighted by atomic mass is 16.2. The predicted octanol–water partition coefficient (Wildman–Crippen LogP) is 0.847. The van der Waals surface area contributed by atoms with Gasteiger partial charge in [-0.25, -0.2) is 4.79 Å². The predicted molar refractivity (Wildman–Crippen MR) is 67.0 cm³/mol. The number of likely N-dealkylation sites (tertiary alicyclic amines) is 1. The molecule has 3 rings (SSSR count). The minimum Gasteiger partial charge on any atom is -0.352 e. The summed E-state index contributed by atoms with van der Waals surface area (Å²) in [6.07, 6.45) is 4.89. The molecule has 0 aromatic heterocycles. The zero-order chi connectivity index (χ0) is 12.7. The van der Waals surface area contributed by atoms with Gasteiger partial charge in [-0.05, 0) is 38.5 Å². The summed E-state index contributed by atoms with van der Waals surface area (Å²) in [5.74, 6) is 0.817. The number of nitrogens with one attached hydrogen (secondary N) is 2. The summed E-state index contributed by atoms with van der Waals surface area (Å²) in [6, 6.07) is 0.642. The van der Waals surface area contributed by atoms with Crippen LogP contribution in [0.5, 0.6) is 0 Å². The first-order valence-corrected chi connectivity index (χ1v) is 7.00. The van der Waals surface area contributed by atoms with Gasteiger partial charge in [-0.1, -0.05) is 0 Å². The number of amides is 3. The molecule has 2 N–H and O–H groups in total. The molecular weight excluding hydrogens is 230 g/mol. The molecule has 2 saturated heterocycles. The third kappa shape index (κ3) is 2.06. The maximum absolute atomic E-state index is 12.2. The summed E-state index contributed by atoms with van der Waals surface area (Å²) in [6.45, 7) is 2.88. The van der Waals surface area contributed by atoms with E-state index in [9.17, 15) is 9.59 Å². The van der Waals surface area contributed by atoms with E-state index in [1.807, 2.05) is 11.8 Å². The van der Waals surface area contributed by atoms with Crippen molar-refractivity contribution in [3.63, 3.8) is 0 Å². The van der Waals surface area contributed by atoms with E-state index in [4.69, 9.17) is 0 Å². The molecule has 5 heteroatoms. The van der Waals surface area contributed by atoms with Crippen molar-refractivity contribution >= 4 is 11.9 Å². The van der Waals surface area contributed by atoms with Gasteiger partial charge in [0.25, 0.3) is 0 Å². The molecule has 4 atom stereocenters. The molecule has 0 spiro atoms. The second-order valence-electron chi connectivity index (χ2n) is 5.94. The van der Waals surface area contributed by atoms with E-state index >= 15 is 0 Å². The van der Waals surface area contributed by atoms with Crippen LogP contribution < -0.4 is 10.6 Å². The van der Waals surface area contributed by atoms with Gasteiger partial charge < -0.3 is 15.5 Å². The monoisotopic (exact) mass is 251 g/mol. The quantitative estimate of drug-likeness (QED) is 0.725. The molecule has 3 amide bonds. The van der Waals surface area contributed by atoms with E-state index < -0.39 is 0 Å². The molecule has 3 fully saturated rings. The van der Waals surface area contributed by atoms with Crippen LogP contribution in [0.15, 0.2) is 0 Å². The van der Waals surface area contributed by atoms with Crippen LogP contribution >= 0.6 is 0 Å². The van der Waals surface area contributed by atoms with Crippen molar-refractivity contribution in [1.29, 1.82) is 0 Å². The van der Waals surface area contributed by atoms with Crippen LogP contribution in [0.1, 0.15) is 39.0 Å². The summed E-state index contributed by atoms with van der Waals surface area (Å²) in [5.41, 5.74) is 0. The van der Waals surface area contributed by atoms with E-state index in [1.54, 1.807) is 0 Å². The normalized spacial score (nSPS) is 38.7. The molecule has 0 unspecified atom stereocenters. The summed E-state index contributed by atoms with van der Waals surface area (Å²) in [4.78, 5) is 25.5. The summed E-state index contributed by atoms with van der Waals surface area (Å²) in [7, 11) is 0. The fourth-order valence-corrected chi connectivity index (χ4v) is 3.58. The Balaban J connectivity index is 1.56. The Kier molecular flexibility index (Phi) is 2.92. The van der Waals surface area contributed by atoms with Gasteiger partial charge in [-0.2, -0.15) is 0 Å². The van der Waals surface area contributed by atoms with Gasteiger partial charge in [0, 0.05) is 25.0 Å². The molecule has 18 heavy (non-hydrogen) atoms. The molecular formula is C13H21N3O2. The van der Waals surface area contributed by atoms with E-state index in [1.165, 1.54) is 12.8 Å². The summed E-state index contributed by atoms with van der Waals surface area (Å²) >= 11 is 0. The van der Waals surface area contributed by atoms with Crippen molar-refractivity contribution < 1.29 is 9.59 Å². The van der Waals surface area contributed by atoms with Crippen LogP contribution in [0.3, 0.4) is 0 Å². The Morgan fingerprint density at radius 2 is 2.22 bits per heavy atom. The van der Waals surface area contributed by atoms with Gasteiger partial charge in [0.2, 0.25) is 5.91 Å². The number of urea groups is 1. The highest BCUT2D eigenvalue weighted by Crippen LogP contribution is 2.37. The zero-order valence-corrected chi connectivity index (χ0v) is 10.8. The molecule has 1 saturated carbocycles. The number of hydrogen-bond acceptors (Lipinski definition) is 2. The number of rotatable bonds is 1. The van der Waals surface area contributed by atoms with Gasteiger partial charge in [-0.3, -0.25) is 4.79 Å². The molecule has 1 aliphatic carbocycles. The van der Waals surface area contributed by atoms with Crippen LogP contribution in [-0.4, -0.2) is 41.5 Å². The van der Waals surface area contributed by atoms with Crippen molar-refractivity contribution in [2.45, 2.75) is 57.2 Å². The number of carbonyl (C=O) groups is 2. The minimum atomic E-state index is 0.0370. The van der Waals surface area contributed by atoms with E-state index in [0.29, 0.717) is 12.5 Å². The maximum atomic E-state index is 12.2. The second kappa shape index (κ2) is 4.44. The molecule has 0 aromatic carbocycles. The third-order valence-electron chi connectivity index (χ3n) is 4.65. The average Bonchev–Trinajstić information content (AvgIpc) is 2.94. The molecule has 0 aromatic rings. The molecule has 100 valence electrons. The first-order valence-electron chi connectivity index (χ1n) is 7.00. The summed E-state index contributed by atoms with van der Waals surface area (Å²) < 4.78 is 0. The Hall–Kier alpha value is -1.26. The molecule has 2 bridgehead atoms. The van der Waals surface area contributed by atoms with Gasteiger partial charge in [0.1, 0.15) is 0 Å². The second-order valence-corrected chi connectivity index (χ2v) is 5.94. The van der Waals surface area contributed by atoms with Crippen LogP contribution in [0.25, 0.3) is 0 Å². The standard InChI is InChI=1S/C13H21N3O2/c1-8-11(4-5-12(17)14-8)15-13(18)16-7-9-2-3-10(16)6-9/h8-11H,2-7H2,1H3,(H,14,17)(H,15,18)/t8-,9-,10-,11-/m0/s1. The van der Waals surface area contributed by atoms with Gasteiger partial charge in [0.05, 0.1) is 6.04 Å². The van der Waals surface area contributed by atoms with E-state index in [0.717, 1.165) is 25.3 Å². The number of nitrogens with zero attached hydrogens (tertiary/aromatic N) is 1. The highest BCUT2D eigenvalue weighted by molar-refractivity contribution is 5.79. The topological polar surface area (TPSA) is 61.4 Å². The van der Waals surface area contributed by atoms with Crippen molar-refractivity contribution in [3.05, 3.63) is 0 Å². The zero-order valence-electron chi connectivity index (χ0n) is 10.8. The number of piperidine rings is 2. The fraction of sp³-hybridized carbons (Fsp3) is 0.846. The lowest BCUT2D eigenvalue weighted by atomic mass is 9.99. The van der Waals surface area contributed by atoms with Crippen LogP contribution in [0, 0.1) is 5.92 Å². The van der Waals surface area contributed by atoms with Crippen LogP contribution in [-0.2, 0) is 4.79 Å². The summed E-state index contributed by atoms with van der Waals surface area (Å²) in [5, 5.41) is 5.98. The SMILES string of the molecule is C[C@@H]1NC(=O)CC[C@@H]1NC(=O)N1C[C@H]2CC[C@H]1C2. The van der Waals surface area contributed by atoms with Gasteiger partial charge in [0.15, 0.2) is 0 Å². The smallest absolute Gasteiger partial charge is 0.317 e. The first kappa shape index (κ1) is 11.8.